The maximum absolute atomic E-state index is 5.48. The van der Waals surface area contributed by atoms with Gasteiger partial charge in [-0.15, -0.1) is 12.4 Å². The minimum Gasteiger partial charge on any atom is -0.454 e. The lowest BCUT2D eigenvalue weighted by molar-refractivity contribution is 0.174. The van der Waals surface area contributed by atoms with Crippen molar-refractivity contribution in [3.05, 3.63) is 84.2 Å². The number of nitrogens with zero attached hydrogens (tertiary/aromatic N) is 2. The third-order valence-corrected chi connectivity index (χ3v) is 4.60. The van der Waals surface area contributed by atoms with Gasteiger partial charge in [0.05, 0.1) is 5.52 Å². The van der Waals surface area contributed by atoms with Gasteiger partial charge < -0.3 is 14.8 Å². The number of hydrogen-bond donors (Lipinski definition) is 1. The molecule has 6 heteroatoms. The molecule has 0 bridgehead atoms. The van der Waals surface area contributed by atoms with Crippen molar-refractivity contribution in [2.45, 2.75) is 6.42 Å². The van der Waals surface area contributed by atoms with Crippen LogP contribution in [0.4, 0.5) is 11.5 Å². The fraction of sp³-hybridized carbons (Fsp3) is 0.0909. The van der Waals surface area contributed by atoms with E-state index in [-0.39, 0.29) is 19.2 Å². The highest BCUT2D eigenvalue weighted by Gasteiger charge is 2.16. The van der Waals surface area contributed by atoms with E-state index in [2.05, 4.69) is 63.8 Å². The van der Waals surface area contributed by atoms with E-state index in [0.717, 1.165) is 40.3 Å². The van der Waals surface area contributed by atoms with E-state index in [9.17, 15) is 0 Å². The van der Waals surface area contributed by atoms with Crippen molar-refractivity contribution in [2.24, 2.45) is 0 Å². The maximum Gasteiger partial charge on any atom is 0.231 e. The highest BCUT2D eigenvalue weighted by Crippen LogP contribution is 2.37. The molecule has 0 fully saturated rings. The summed E-state index contributed by atoms with van der Waals surface area (Å²) in [5.41, 5.74) is 4.36. The Labute approximate surface area is 168 Å². The summed E-state index contributed by atoms with van der Waals surface area (Å²) in [6.07, 6.45) is 2.47. The molecule has 0 spiro atoms. The minimum absolute atomic E-state index is 0. The van der Waals surface area contributed by atoms with Crippen molar-refractivity contribution in [3.63, 3.8) is 0 Å². The van der Waals surface area contributed by atoms with Crippen molar-refractivity contribution < 1.29 is 9.47 Å². The van der Waals surface area contributed by atoms with Crippen molar-refractivity contribution in [1.29, 1.82) is 0 Å². The summed E-state index contributed by atoms with van der Waals surface area (Å²) in [4.78, 5) is 8.73. The molecule has 0 saturated carbocycles. The molecule has 4 aromatic rings. The monoisotopic (exact) mass is 391 g/mol. The Morgan fingerprint density at radius 1 is 0.821 bits per heavy atom. The van der Waals surface area contributed by atoms with Gasteiger partial charge >= 0.3 is 0 Å². The van der Waals surface area contributed by atoms with Crippen molar-refractivity contribution in [2.75, 3.05) is 12.1 Å². The third-order valence-electron chi connectivity index (χ3n) is 4.60. The number of hydrogen-bond acceptors (Lipinski definition) is 5. The molecule has 1 aromatic heterocycles. The van der Waals surface area contributed by atoms with E-state index in [1.807, 2.05) is 18.2 Å². The largest absolute Gasteiger partial charge is 0.454 e. The van der Waals surface area contributed by atoms with Gasteiger partial charge in [0.2, 0.25) is 6.79 Å². The number of anilines is 2. The van der Waals surface area contributed by atoms with Crippen LogP contribution in [0.5, 0.6) is 11.5 Å². The summed E-state index contributed by atoms with van der Waals surface area (Å²) in [5.74, 6) is 2.19. The van der Waals surface area contributed by atoms with Gasteiger partial charge in [-0.05, 0) is 35.7 Å². The second-order valence-corrected chi connectivity index (χ2v) is 6.43. The van der Waals surface area contributed by atoms with E-state index < -0.39 is 0 Å². The molecule has 5 nitrogen and oxygen atoms in total. The number of rotatable bonds is 4. The SMILES string of the molecule is Cl.c1ccc(Cc2ccc(Nc3ncnc4cc5c(cc34)OCO5)cc2)cc1. The topological polar surface area (TPSA) is 56.3 Å². The summed E-state index contributed by atoms with van der Waals surface area (Å²) >= 11 is 0. The lowest BCUT2D eigenvalue weighted by Gasteiger charge is -2.10. The van der Waals surface area contributed by atoms with Gasteiger partial charge in [0.15, 0.2) is 11.5 Å². The Morgan fingerprint density at radius 3 is 2.32 bits per heavy atom. The van der Waals surface area contributed by atoms with E-state index >= 15 is 0 Å². The van der Waals surface area contributed by atoms with E-state index in [1.54, 1.807) is 6.33 Å². The molecule has 0 saturated heterocycles. The van der Waals surface area contributed by atoms with Crippen LogP contribution in [0.25, 0.3) is 10.9 Å². The Hall–Kier alpha value is -3.31. The van der Waals surface area contributed by atoms with Gasteiger partial charge in [-0.1, -0.05) is 42.5 Å². The summed E-state index contributed by atoms with van der Waals surface area (Å²) in [6.45, 7) is 0.241. The van der Waals surface area contributed by atoms with Crippen LogP contribution in [0.15, 0.2) is 73.1 Å². The predicted molar refractivity (Wildman–Crippen MR) is 112 cm³/mol. The number of halogens is 1. The fourth-order valence-electron chi connectivity index (χ4n) is 3.22. The first-order chi connectivity index (χ1) is 13.3. The van der Waals surface area contributed by atoms with Crippen LogP contribution < -0.4 is 14.8 Å². The molecule has 0 amide bonds. The Morgan fingerprint density at radius 2 is 1.54 bits per heavy atom. The second kappa shape index (κ2) is 7.74. The Kier molecular flexibility index (Phi) is 5.00. The smallest absolute Gasteiger partial charge is 0.231 e. The highest BCUT2D eigenvalue weighted by atomic mass is 35.5. The van der Waals surface area contributed by atoms with Crippen LogP contribution in [0.2, 0.25) is 0 Å². The first-order valence-electron chi connectivity index (χ1n) is 8.79. The summed E-state index contributed by atoms with van der Waals surface area (Å²) in [6, 6.07) is 22.7. The van der Waals surface area contributed by atoms with E-state index in [4.69, 9.17) is 9.47 Å². The van der Waals surface area contributed by atoms with E-state index in [0.29, 0.717) is 0 Å². The number of fused-ring (bicyclic) bond motifs is 2. The van der Waals surface area contributed by atoms with Crippen LogP contribution in [0.1, 0.15) is 11.1 Å². The van der Waals surface area contributed by atoms with Crippen LogP contribution >= 0.6 is 12.4 Å². The Bertz CT molecular complexity index is 1100. The van der Waals surface area contributed by atoms with Gasteiger partial charge in [0, 0.05) is 17.1 Å². The van der Waals surface area contributed by atoms with Crippen molar-refractivity contribution >= 4 is 34.8 Å². The molecule has 3 aromatic carbocycles. The molecule has 0 atom stereocenters. The standard InChI is InChI=1S/C22H17N3O2.ClH/c1-2-4-15(5-3-1)10-16-6-8-17(9-7-16)25-22-18-11-20-21(27-14-26-20)12-19(18)23-13-24-22;/h1-9,11-13H,10,14H2,(H,23,24,25);1H. The van der Waals surface area contributed by atoms with Gasteiger partial charge in [-0.2, -0.15) is 0 Å². The van der Waals surface area contributed by atoms with Gasteiger partial charge in [0.25, 0.3) is 0 Å². The first-order valence-corrected chi connectivity index (χ1v) is 8.79. The zero-order chi connectivity index (χ0) is 18.1. The number of ether oxygens (including phenoxy) is 2. The molecular weight excluding hydrogens is 374 g/mol. The van der Waals surface area contributed by atoms with Gasteiger partial charge in [0.1, 0.15) is 12.1 Å². The number of aromatic nitrogens is 2. The molecule has 0 radical (unpaired) electrons. The van der Waals surface area contributed by atoms with Crippen molar-refractivity contribution in [1.82, 2.24) is 9.97 Å². The minimum atomic E-state index is 0. The zero-order valence-electron chi connectivity index (χ0n) is 15.0. The van der Waals surface area contributed by atoms with E-state index in [1.165, 1.54) is 11.1 Å². The predicted octanol–water partition coefficient (Wildman–Crippen LogP) is 5.11. The average molecular weight is 392 g/mol. The molecule has 2 heterocycles. The maximum atomic E-state index is 5.48. The quantitative estimate of drug-likeness (QED) is 0.523. The average Bonchev–Trinajstić information content (AvgIpc) is 3.16. The first kappa shape index (κ1) is 18.1. The molecule has 0 aliphatic carbocycles. The van der Waals surface area contributed by atoms with Gasteiger partial charge in [-0.3, -0.25) is 0 Å². The molecule has 5 rings (SSSR count). The molecule has 1 aliphatic heterocycles. The highest BCUT2D eigenvalue weighted by molar-refractivity contribution is 5.93. The normalized spacial score (nSPS) is 11.9. The second-order valence-electron chi connectivity index (χ2n) is 6.43. The zero-order valence-corrected chi connectivity index (χ0v) is 15.8. The third kappa shape index (κ3) is 3.57. The Balaban J connectivity index is 0.00000192. The summed E-state index contributed by atoms with van der Waals surface area (Å²) < 4.78 is 10.9. The lowest BCUT2D eigenvalue weighted by atomic mass is 10.0. The molecule has 1 N–H and O–H groups in total. The molecule has 0 unspecified atom stereocenters. The van der Waals surface area contributed by atoms with Crippen LogP contribution in [0.3, 0.4) is 0 Å². The fourth-order valence-corrected chi connectivity index (χ4v) is 3.22. The van der Waals surface area contributed by atoms with Gasteiger partial charge in [-0.25, -0.2) is 9.97 Å². The van der Waals surface area contributed by atoms with Crippen LogP contribution in [0, 0.1) is 0 Å². The molecule has 1 aliphatic rings. The summed E-state index contributed by atoms with van der Waals surface area (Å²) in [5, 5.41) is 4.28. The summed E-state index contributed by atoms with van der Waals surface area (Å²) in [7, 11) is 0. The van der Waals surface area contributed by atoms with Crippen LogP contribution in [-0.4, -0.2) is 16.8 Å². The van der Waals surface area contributed by atoms with Crippen molar-refractivity contribution in [3.8, 4) is 11.5 Å². The molecular formula is C22H18ClN3O2. The molecule has 140 valence electrons. The number of nitrogens with one attached hydrogen (secondary N) is 1. The lowest BCUT2D eigenvalue weighted by Crippen LogP contribution is -1.96. The number of benzene rings is 3. The van der Waals surface area contributed by atoms with Crippen LogP contribution in [-0.2, 0) is 6.42 Å². The molecule has 28 heavy (non-hydrogen) atoms.